The zero-order valence-electron chi connectivity index (χ0n) is 11.0. The number of hydrogen-bond donors (Lipinski definition) is 1. The molecule has 0 bridgehead atoms. The molecule has 0 aromatic carbocycles. The third-order valence-corrected chi connectivity index (χ3v) is 2.57. The van der Waals surface area contributed by atoms with Crippen LogP contribution in [0, 0.1) is 0 Å². The highest BCUT2D eigenvalue weighted by molar-refractivity contribution is 5.08. The van der Waals surface area contributed by atoms with Crippen molar-refractivity contribution in [3.8, 4) is 5.88 Å². The van der Waals surface area contributed by atoms with Crippen LogP contribution in [0.25, 0.3) is 0 Å². The van der Waals surface area contributed by atoms with Crippen molar-refractivity contribution >= 4 is 0 Å². The zero-order valence-corrected chi connectivity index (χ0v) is 11.0. The van der Waals surface area contributed by atoms with Crippen molar-refractivity contribution in [1.29, 1.82) is 0 Å². The molecule has 0 radical (unpaired) electrons. The summed E-state index contributed by atoms with van der Waals surface area (Å²) in [6.45, 7) is 4.27. The van der Waals surface area contributed by atoms with Crippen molar-refractivity contribution in [2.24, 2.45) is 0 Å². The maximum Gasteiger partial charge on any atom is 0.232 e. The van der Waals surface area contributed by atoms with Crippen LogP contribution in [0.1, 0.15) is 18.3 Å². The largest absolute Gasteiger partial charge is 0.476 e. The van der Waals surface area contributed by atoms with E-state index in [1.807, 2.05) is 18.2 Å². The first-order valence-corrected chi connectivity index (χ1v) is 6.43. The van der Waals surface area contributed by atoms with Crippen LogP contribution in [-0.2, 0) is 13.0 Å². The number of hydrogen-bond acceptors (Lipinski definition) is 5. The average molecular weight is 258 g/mol. The smallest absolute Gasteiger partial charge is 0.232 e. The highest BCUT2D eigenvalue weighted by Crippen LogP contribution is 2.05. The molecule has 5 heteroatoms. The zero-order chi connectivity index (χ0) is 13.3. The van der Waals surface area contributed by atoms with Gasteiger partial charge in [-0.2, -0.15) is 0 Å². The highest BCUT2D eigenvalue weighted by atomic mass is 16.5. The van der Waals surface area contributed by atoms with Gasteiger partial charge < -0.3 is 10.1 Å². The van der Waals surface area contributed by atoms with E-state index in [1.54, 1.807) is 18.6 Å². The minimum atomic E-state index is 0.552. The lowest BCUT2D eigenvalue weighted by atomic mass is 10.3. The van der Waals surface area contributed by atoms with Crippen molar-refractivity contribution in [3.63, 3.8) is 0 Å². The molecular formula is C14H18N4O. The lowest BCUT2D eigenvalue weighted by Gasteiger charge is -2.05. The summed E-state index contributed by atoms with van der Waals surface area (Å²) in [4.78, 5) is 12.7. The number of ether oxygens (including phenoxy) is 1. The second-order valence-corrected chi connectivity index (χ2v) is 4.05. The lowest BCUT2D eigenvalue weighted by molar-refractivity contribution is 0.306. The predicted octanol–water partition coefficient (Wildman–Crippen LogP) is 1.60. The van der Waals surface area contributed by atoms with Gasteiger partial charge in [0, 0.05) is 24.9 Å². The summed E-state index contributed by atoms with van der Waals surface area (Å²) in [5.41, 5.74) is 1.93. The SMILES string of the molecule is CCNCc1cnc(OCCc2ccccn2)cn1. The second-order valence-electron chi connectivity index (χ2n) is 4.05. The van der Waals surface area contributed by atoms with Gasteiger partial charge in [0.15, 0.2) is 0 Å². The fraction of sp³-hybridized carbons (Fsp3) is 0.357. The number of nitrogens with one attached hydrogen (secondary N) is 1. The van der Waals surface area contributed by atoms with Gasteiger partial charge in [0.05, 0.1) is 24.7 Å². The molecule has 0 atom stereocenters. The van der Waals surface area contributed by atoms with Gasteiger partial charge in [0.25, 0.3) is 0 Å². The first-order valence-electron chi connectivity index (χ1n) is 6.43. The third kappa shape index (κ3) is 4.63. The number of rotatable bonds is 7. The predicted molar refractivity (Wildman–Crippen MR) is 72.8 cm³/mol. The van der Waals surface area contributed by atoms with Gasteiger partial charge in [-0.25, -0.2) is 4.98 Å². The summed E-state index contributed by atoms with van der Waals surface area (Å²) < 4.78 is 5.54. The molecule has 0 spiro atoms. The van der Waals surface area contributed by atoms with Gasteiger partial charge in [-0.05, 0) is 18.7 Å². The fourth-order valence-electron chi connectivity index (χ4n) is 1.57. The Morgan fingerprint density at radius 1 is 1.11 bits per heavy atom. The van der Waals surface area contributed by atoms with Crippen LogP contribution in [-0.4, -0.2) is 28.1 Å². The molecule has 0 aliphatic heterocycles. The van der Waals surface area contributed by atoms with Gasteiger partial charge in [-0.15, -0.1) is 0 Å². The van der Waals surface area contributed by atoms with Crippen LogP contribution >= 0.6 is 0 Å². The molecule has 0 saturated heterocycles. The van der Waals surface area contributed by atoms with Crippen LogP contribution in [0.4, 0.5) is 0 Å². The Kier molecular flexibility index (Phi) is 5.25. The van der Waals surface area contributed by atoms with Crippen molar-refractivity contribution in [1.82, 2.24) is 20.3 Å². The molecule has 0 saturated carbocycles. The first-order chi connectivity index (χ1) is 9.38. The normalized spacial score (nSPS) is 10.4. The van der Waals surface area contributed by atoms with Crippen LogP contribution in [0.15, 0.2) is 36.8 Å². The quantitative estimate of drug-likeness (QED) is 0.817. The summed E-state index contributed by atoms with van der Waals surface area (Å²) in [5.74, 6) is 0.552. The van der Waals surface area contributed by atoms with Crippen LogP contribution in [0.2, 0.25) is 0 Å². The Balaban J connectivity index is 1.77. The van der Waals surface area contributed by atoms with Crippen molar-refractivity contribution in [3.05, 3.63) is 48.2 Å². The van der Waals surface area contributed by atoms with E-state index < -0.39 is 0 Å². The van der Waals surface area contributed by atoms with E-state index in [-0.39, 0.29) is 0 Å². The van der Waals surface area contributed by atoms with Crippen LogP contribution in [0.5, 0.6) is 5.88 Å². The fourth-order valence-corrected chi connectivity index (χ4v) is 1.57. The Bertz CT molecular complexity index is 473. The van der Waals surface area contributed by atoms with Crippen molar-refractivity contribution in [2.75, 3.05) is 13.2 Å². The molecule has 2 heterocycles. The number of aromatic nitrogens is 3. The van der Waals surface area contributed by atoms with E-state index in [4.69, 9.17) is 4.74 Å². The Hall–Kier alpha value is -2.01. The van der Waals surface area contributed by atoms with Gasteiger partial charge in [0.1, 0.15) is 0 Å². The van der Waals surface area contributed by atoms with Crippen LogP contribution < -0.4 is 10.1 Å². The molecule has 19 heavy (non-hydrogen) atoms. The monoisotopic (exact) mass is 258 g/mol. The number of pyridine rings is 1. The molecule has 0 amide bonds. The van der Waals surface area contributed by atoms with E-state index in [2.05, 4.69) is 27.2 Å². The Morgan fingerprint density at radius 3 is 2.74 bits per heavy atom. The highest BCUT2D eigenvalue weighted by Gasteiger charge is 1.99. The molecule has 2 rings (SSSR count). The van der Waals surface area contributed by atoms with Crippen molar-refractivity contribution < 1.29 is 4.74 Å². The maximum atomic E-state index is 5.54. The van der Waals surface area contributed by atoms with Gasteiger partial charge in [-0.1, -0.05) is 13.0 Å². The van der Waals surface area contributed by atoms with Crippen LogP contribution in [0.3, 0.4) is 0 Å². The summed E-state index contributed by atoms with van der Waals surface area (Å²) in [5, 5.41) is 3.20. The lowest BCUT2D eigenvalue weighted by Crippen LogP contribution is -2.13. The molecule has 1 N–H and O–H groups in total. The Labute approximate surface area is 113 Å². The van der Waals surface area contributed by atoms with Gasteiger partial charge >= 0.3 is 0 Å². The number of nitrogens with zero attached hydrogens (tertiary/aromatic N) is 3. The van der Waals surface area contributed by atoms with E-state index >= 15 is 0 Å². The van der Waals surface area contributed by atoms with E-state index in [0.717, 1.165) is 30.9 Å². The molecule has 5 nitrogen and oxygen atoms in total. The summed E-state index contributed by atoms with van der Waals surface area (Å²) in [6.07, 6.45) is 5.94. The van der Waals surface area contributed by atoms with Gasteiger partial charge in [-0.3, -0.25) is 9.97 Å². The average Bonchev–Trinajstić information content (AvgIpc) is 2.47. The molecule has 2 aromatic heterocycles. The Morgan fingerprint density at radius 2 is 2.05 bits per heavy atom. The molecule has 0 unspecified atom stereocenters. The first kappa shape index (κ1) is 13.4. The summed E-state index contributed by atoms with van der Waals surface area (Å²) in [6, 6.07) is 5.85. The van der Waals surface area contributed by atoms with Gasteiger partial charge in [0.2, 0.25) is 5.88 Å². The van der Waals surface area contributed by atoms with E-state index in [1.165, 1.54) is 0 Å². The minimum Gasteiger partial charge on any atom is -0.476 e. The molecule has 100 valence electrons. The van der Waals surface area contributed by atoms with E-state index in [0.29, 0.717) is 12.5 Å². The second kappa shape index (κ2) is 7.43. The topological polar surface area (TPSA) is 59.9 Å². The van der Waals surface area contributed by atoms with E-state index in [9.17, 15) is 0 Å². The molecule has 0 aliphatic carbocycles. The maximum absolute atomic E-state index is 5.54. The summed E-state index contributed by atoms with van der Waals surface area (Å²) in [7, 11) is 0. The molecule has 2 aromatic rings. The third-order valence-electron chi connectivity index (χ3n) is 2.57. The molecule has 0 aliphatic rings. The molecular weight excluding hydrogens is 240 g/mol. The standard InChI is InChI=1S/C14H18N4O/c1-2-15-9-13-10-18-14(11-17-13)19-8-6-12-5-3-4-7-16-12/h3-5,7,10-11,15H,2,6,8-9H2,1H3. The molecule has 0 fully saturated rings. The summed E-state index contributed by atoms with van der Waals surface area (Å²) >= 11 is 0. The minimum absolute atomic E-state index is 0.552. The van der Waals surface area contributed by atoms with Crippen molar-refractivity contribution in [2.45, 2.75) is 19.9 Å².